The zero-order valence-corrected chi connectivity index (χ0v) is 8.41. The van der Waals surface area contributed by atoms with E-state index in [9.17, 15) is 4.79 Å². The summed E-state index contributed by atoms with van der Waals surface area (Å²) in [5, 5.41) is 0. The van der Waals surface area contributed by atoms with Gasteiger partial charge in [0.25, 0.3) is 0 Å². The number of fused-ring (bicyclic) bond motifs is 2. The number of hydrogen-bond acceptors (Lipinski definition) is 2. The summed E-state index contributed by atoms with van der Waals surface area (Å²) < 4.78 is 0. The molecule has 0 aromatic rings. The standard InChI is InChI=1S/C11H16N2O/c14-11-8-4-3-5-9(8)12-10-6-1-2-7-13(10)11/h8-9H,1-7H2/t8-,9+/m0/s1. The van der Waals surface area contributed by atoms with Crippen molar-refractivity contribution in [1.29, 1.82) is 0 Å². The van der Waals surface area contributed by atoms with E-state index < -0.39 is 0 Å². The second-order valence-corrected chi connectivity index (χ2v) is 4.60. The summed E-state index contributed by atoms with van der Waals surface area (Å²) in [6.07, 6.45) is 6.77. The lowest BCUT2D eigenvalue weighted by Crippen LogP contribution is -2.49. The fourth-order valence-corrected chi connectivity index (χ4v) is 2.96. The molecule has 0 spiro atoms. The van der Waals surface area contributed by atoms with Gasteiger partial charge in [-0.15, -0.1) is 0 Å². The number of hydrogen-bond donors (Lipinski definition) is 0. The second kappa shape index (κ2) is 3.07. The van der Waals surface area contributed by atoms with Gasteiger partial charge in [0.2, 0.25) is 5.91 Å². The highest BCUT2D eigenvalue weighted by Crippen LogP contribution is 2.34. The summed E-state index contributed by atoms with van der Waals surface area (Å²) in [5.41, 5.74) is 0. The van der Waals surface area contributed by atoms with E-state index in [1.807, 2.05) is 4.90 Å². The fourth-order valence-electron chi connectivity index (χ4n) is 2.96. The first-order chi connectivity index (χ1) is 6.86. The summed E-state index contributed by atoms with van der Waals surface area (Å²) in [4.78, 5) is 18.8. The molecule has 0 radical (unpaired) electrons. The fraction of sp³-hybridized carbons (Fsp3) is 0.818. The van der Waals surface area contributed by atoms with Gasteiger partial charge in [-0.3, -0.25) is 9.79 Å². The minimum absolute atomic E-state index is 0.233. The molecule has 2 aliphatic heterocycles. The summed E-state index contributed by atoms with van der Waals surface area (Å²) in [7, 11) is 0. The maximum absolute atomic E-state index is 12.1. The Bertz CT molecular complexity index is 298. The third-order valence-electron chi connectivity index (χ3n) is 3.72. The number of carbonyl (C=O) groups is 1. The number of amidine groups is 1. The lowest BCUT2D eigenvalue weighted by atomic mass is 9.97. The molecule has 0 aromatic heterocycles. The number of carbonyl (C=O) groups excluding carboxylic acids is 1. The molecule has 0 bridgehead atoms. The van der Waals surface area contributed by atoms with Crippen molar-refractivity contribution in [2.24, 2.45) is 10.9 Å². The number of rotatable bonds is 0. The van der Waals surface area contributed by atoms with Crippen LogP contribution in [-0.2, 0) is 4.79 Å². The van der Waals surface area contributed by atoms with Crippen molar-refractivity contribution in [1.82, 2.24) is 4.90 Å². The van der Waals surface area contributed by atoms with E-state index in [-0.39, 0.29) is 5.92 Å². The number of amides is 1. The molecule has 3 nitrogen and oxygen atoms in total. The van der Waals surface area contributed by atoms with Crippen molar-refractivity contribution in [3.8, 4) is 0 Å². The molecule has 3 rings (SSSR count). The van der Waals surface area contributed by atoms with E-state index in [2.05, 4.69) is 0 Å². The molecule has 2 atom stereocenters. The molecular formula is C11H16N2O. The Hall–Kier alpha value is -0.860. The molecule has 3 aliphatic rings. The van der Waals surface area contributed by atoms with Crippen molar-refractivity contribution in [3.63, 3.8) is 0 Å². The van der Waals surface area contributed by atoms with Crippen molar-refractivity contribution in [2.75, 3.05) is 6.54 Å². The van der Waals surface area contributed by atoms with E-state index in [0.717, 1.165) is 38.1 Å². The van der Waals surface area contributed by atoms with Crippen LogP contribution >= 0.6 is 0 Å². The topological polar surface area (TPSA) is 32.7 Å². The normalized spacial score (nSPS) is 36.4. The van der Waals surface area contributed by atoms with Gasteiger partial charge >= 0.3 is 0 Å². The van der Waals surface area contributed by atoms with Crippen LogP contribution < -0.4 is 0 Å². The number of nitrogens with zero attached hydrogens (tertiary/aromatic N) is 2. The Morgan fingerprint density at radius 2 is 2.14 bits per heavy atom. The molecule has 3 heteroatoms. The first-order valence-corrected chi connectivity index (χ1v) is 5.74. The van der Waals surface area contributed by atoms with Crippen LogP contribution in [-0.4, -0.2) is 29.2 Å². The Morgan fingerprint density at radius 3 is 3.07 bits per heavy atom. The van der Waals surface area contributed by atoms with E-state index in [1.54, 1.807) is 0 Å². The average Bonchev–Trinajstić information content (AvgIpc) is 2.66. The minimum atomic E-state index is 0.233. The molecule has 1 amide bonds. The first kappa shape index (κ1) is 8.45. The predicted octanol–water partition coefficient (Wildman–Crippen LogP) is 1.58. The first-order valence-electron chi connectivity index (χ1n) is 5.74. The summed E-state index contributed by atoms with van der Waals surface area (Å²) >= 11 is 0. The van der Waals surface area contributed by atoms with Gasteiger partial charge in [-0.25, -0.2) is 0 Å². The molecule has 1 aliphatic carbocycles. The zero-order chi connectivity index (χ0) is 9.54. The van der Waals surface area contributed by atoms with Crippen LogP contribution in [0.4, 0.5) is 0 Å². The van der Waals surface area contributed by atoms with Crippen molar-refractivity contribution < 1.29 is 4.79 Å². The number of aliphatic imine (C=N–C) groups is 1. The van der Waals surface area contributed by atoms with Crippen LogP contribution in [0.1, 0.15) is 38.5 Å². The monoisotopic (exact) mass is 192 g/mol. The van der Waals surface area contributed by atoms with Crippen LogP contribution in [0.15, 0.2) is 4.99 Å². The Morgan fingerprint density at radius 1 is 1.21 bits per heavy atom. The molecule has 1 saturated heterocycles. The highest BCUT2D eigenvalue weighted by molar-refractivity contribution is 6.02. The van der Waals surface area contributed by atoms with Gasteiger partial charge in [0.1, 0.15) is 5.84 Å². The van der Waals surface area contributed by atoms with Crippen LogP contribution in [0.3, 0.4) is 0 Å². The molecule has 1 saturated carbocycles. The second-order valence-electron chi connectivity index (χ2n) is 4.60. The summed E-state index contributed by atoms with van der Waals surface area (Å²) in [6.45, 7) is 0.918. The zero-order valence-electron chi connectivity index (χ0n) is 8.41. The Kier molecular flexibility index (Phi) is 1.85. The summed E-state index contributed by atoms with van der Waals surface area (Å²) in [6, 6.07) is 0.340. The van der Waals surface area contributed by atoms with Crippen molar-refractivity contribution in [2.45, 2.75) is 44.6 Å². The average molecular weight is 192 g/mol. The van der Waals surface area contributed by atoms with Gasteiger partial charge in [-0.1, -0.05) is 6.42 Å². The molecule has 2 heterocycles. The van der Waals surface area contributed by atoms with Gasteiger partial charge in [0, 0.05) is 13.0 Å². The highest BCUT2D eigenvalue weighted by Gasteiger charge is 2.41. The van der Waals surface area contributed by atoms with E-state index in [1.165, 1.54) is 12.8 Å². The smallest absolute Gasteiger partial charge is 0.233 e. The minimum Gasteiger partial charge on any atom is -0.300 e. The van der Waals surface area contributed by atoms with Crippen molar-refractivity contribution in [3.05, 3.63) is 0 Å². The van der Waals surface area contributed by atoms with Gasteiger partial charge < -0.3 is 4.90 Å². The van der Waals surface area contributed by atoms with Crippen LogP contribution in [0.5, 0.6) is 0 Å². The summed E-state index contributed by atoms with van der Waals surface area (Å²) in [5.74, 6) is 1.69. The third-order valence-corrected chi connectivity index (χ3v) is 3.72. The Labute approximate surface area is 84.2 Å². The molecule has 2 fully saturated rings. The molecule has 14 heavy (non-hydrogen) atoms. The maximum Gasteiger partial charge on any atom is 0.233 e. The van der Waals surface area contributed by atoms with Gasteiger partial charge in [-0.05, 0) is 25.7 Å². The maximum atomic E-state index is 12.1. The van der Waals surface area contributed by atoms with Crippen molar-refractivity contribution >= 4 is 11.7 Å². The van der Waals surface area contributed by atoms with Gasteiger partial charge in [0.05, 0.1) is 12.0 Å². The van der Waals surface area contributed by atoms with Crippen LogP contribution in [0.25, 0.3) is 0 Å². The van der Waals surface area contributed by atoms with E-state index >= 15 is 0 Å². The van der Waals surface area contributed by atoms with Gasteiger partial charge in [-0.2, -0.15) is 0 Å². The lowest BCUT2D eigenvalue weighted by Gasteiger charge is -2.36. The quantitative estimate of drug-likeness (QED) is 0.573. The SMILES string of the molecule is O=C1[C@H]2CCC[C@H]2N=C2CCCCN12. The van der Waals surface area contributed by atoms with Crippen LogP contribution in [0, 0.1) is 5.92 Å². The molecular weight excluding hydrogens is 176 g/mol. The van der Waals surface area contributed by atoms with E-state index in [4.69, 9.17) is 4.99 Å². The lowest BCUT2D eigenvalue weighted by molar-refractivity contribution is -0.133. The molecule has 76 valence electrons. The molecule has 0 unspecified atom stereocenters. The van der Waals surface area contributed by atoms with E-state index in [0.29, 0.717) is 11.9 Å². The molecule has 0 N–H and O–H groups in total. The predicted molar refractivity (Wildman–Crippen MR) is 54.1 cm³/mol. The highest BCUT2D eigenvalue weighted by atomic mass is 16.2. The largest absolute Gasteiger partial charge is 0.300 e. The third kappa shape index (κ3) is 1.11. The Balaban J connectivity index is 1.94. The van der Waals surface area contributed by atoms with Gasteiger partial charge in [0.15, 0.2) is 0 Å². The number of piperidine rings is 1. The van der Waals surface area contributed by atoms with Crippen LogP contribution in [0.2, 0.25) is 0 Å². The molecule has 0 aromatic carbocycles.